The van der Waals surface area contributed by atoms with Gasteiger partial charge >= 0.3 is 0 Å². The molecule has 6 nitrogen and oxygen atoms in total. The zero-order valence-corrected chi connectivity index (χ0v) is 10.7. The molecule has 1 aromatic rings. The maximum atomic E-state index is 5.83. The van der Waals surface area contributed by atoms with Crippen LogP contribution in [0, 0.1) is 0 Å². The van der Waals surface area contributed by atoms with Crippen molar-refractivity contribution in [2.24, 2.45) is 0 Å². The first-order valence-electron chi connectivity index (χ1n) is 6.26. The van der Waals surface area contributed by atoms with Crippen LogP contribution in [-0.4, -0.2) is 38.9 Å². The molecule has 2 N–H and O–H groups in total. The first-order valence-corrected chi connectivity index (χ1v) is 6.26. The number of ether oxygens (including phenoxy) is 1. The highest BCUT2D eigenvalue weighted by Crippen LogP contribution is 2.28. The fraction of sp³-hybridized carbons (Fsp3) is 0.909. The summed E-state index contributed by atoms with van der Waals surface area (Å²) in [5.41, 5.74) is 0.00684. The Hall–Kier alpha value is -1.01. The monoisotopic (exact) mass is 239 g/mol. The third-order valence-electron chi connectivity index (χ3n) is 3.58. The van der Waals surface area contributed by atoms with Gasteiger partial charge in [0.2, 0.25) is 0 Å². The van der Waals surface area contributed by atoms with Crippen LogP contribution in [0.2, 0.25) is 0 Å². The van der Waals surface area contributed by atoms with Gasteiger partial charge in [0.25, 0.3) is 0 Å². The van der Waals surface area contributed by atoms with Crippen LogP contribution >= 0.6 is 0 Å². The lowest BCUT2D eigenvalue weighted by Crippen LogP contribution is -2.45. The molecule has 0 bridgehead atoms. The lowest BCUT2D eigenvalue weighted by molar-refractivity contribution is -0.0790. The van der Waals surface area contributed by atoms with Gasteiger partial charge in [-0.3, -0.25) is 0 Å². The third-order valence-corrected chi connectivity index (χ3v) is 3.58. The number of hydrogen-bond donors (Lipinski definition) is 2. The van der Waals surface area contributed by atoms with Gasteiger partial charge in [0, 0.05) is 12.6 Å². The molecule has 0 saturated carbocycles. The average Bonchev–Trinajstić information content (AvgIpc) is 2.82. The van der Waals surface area contributed by atoms with E-state index in [1.54, 1.807) is 0 Å². The van der Waals surface area contributed by atoms with Gasteiger partial charge in [-0.1, -0.05) is 12.1 Å². The van der Waals surface area contributed by atoms with Crippen LogP contribution in [-0.2, 0) is 4.74 Å². The van der Waals surface area contributed by atoms with Crippen LogP contribution in [0.1, 0.15) is 51.9 Å². The molecule has 6 heteroatoms. The van der Waals surface area contributed by atoms with E-state index in [1.165, 1.54) is 0 Å². The largest absolute Gasteiger partial charge is 0.375 e. The lowest BCUT2D eigenvalue weighted by atomic mass is 9.89. The zero-order valence-electron chi connectivity index (χ0n) is 10.7. The molecule has 96 valence electrons. The predicted octanol–water partition coefficient (Wildman–Crippen LogP) is 1.20. The minimum absolute atomic E-state index is 0.00684. The molecular weight excluding hydrogens is 218 g/mol. The highest BCUT2D eigenvalue weighted by Gasteiger charge is 2.32. The van der Waals surface area contributed by atoms with Gasteiger partial charge in [0.1, 0.15) is 0 Å². The highest BCUT2D eigenvalue weighted by molar-refractivity contribution is 4.91. The normalized spacial score (nSPS) is 31.4. The van der Waals surface area contributed by atoms with Crippen molar-refractivity contribution in [3.63, 3.8) is 0 Å². The van der Waals surface area contributed by atoms with E-state index in [9.17, 15) is 0 Å². The lowest BCUT2D eigenvalue weighted by Gasteiger charge is -2.38. The first-order chi connectivity index (χ1) is 8.13. The average molecular weight is 239 g/mol. The van der Waals surface area contributed by atoms with Crippen LogP contribution in [0.25, 0.3) is 0 Å². The Morgan fingerprint density at radius 1 is 1.65 bits per heavy atom. The number of nitrogens with zero attached hydrogens (tertiary/aromatic N) is 3. The SMILES string of the molecule is CCC1(C)CC(NC(C)c2nn[nH]n2)CCO1. The van der Waals surface area contributed by atoms with E-state index < -0.39 is 0 Å². The minimum Gasteiger partial charge on any atom is -0.375 e. The second kappa shape index (κ2) is 5.10. The number of H-pyrrole nitrogens is 1. The van der Waals surface area contributed by atoms with Gasteiger partial charge < -0.3 is 10.1 Å². The second-order valence-electron chi connectivity index (χ2n) is 5.00. The molecule has 0 aliphatic carbocycles. The summed E-state index contributed by atoms with van der Waals surface area (Å²) in [5.74, 6) is 0.717. The van der Waals surface area contributed by atoms with Crippen molar-refractivity contribution in [2.75, 3.05) is 6.61 Å². The van der Waals surface area contributed by atoms with Crippen LogP contribution < -0.4 is 5.32 Å². The summed E-state index contributed by atoms with van der Waals surface area (Å²) in [6.07, 6.45) is 3.12. The molecule has 1 aliphatic rings. The van der Waals surface area contributed by atoms with E-state index in [1.807, 2.05) is 0 Å². The molecule has 0 radical (unpaired) electrons. The molecule has 3 unspecified atom stereocenters. The van der Waals surface area contributed by atoms with Gasteiger partial charge in [0.05, 0.1) is 11.6 Å². The number of nitrogens with one attached hydrogen (secondary N) is 2. The standard InChI is InChI=1S/C11H21N5O/c1-4-11(3)7-9(5-6-17-11)12-8(2)10-13-15-16-14-10/h8-9,12H,4-7H2,1-3H3,(H,13,14,15,16). The summed E-state index contributed by atoms with van der Waals surface area (Å²) in [4.78, 5) is 0. The summed E-state index contributed by atoms with van der Waals surface area (Å²) < 4.78 is 5.83. The maximum Gasteiger partial charge on any atom is 0.191 e. The second-order valence-corrected chi connectivity index (χ2v) is 5.00. The quantitative estimate of drug-likeness (QED) is 0.825. The van der Waals surface area contributed by atoms with Crippen LogP contribution in [0.5, 0.6) is 0 Å². The summed E-state index contributed by atoms with van der Waals surface area (Å²) in [6, 6.07) is 0.583. The van der Waals surface area contributed by atoms with Crippen molar-refractivity contribution in [1.29, 1.82) is 0 Å². The Bertz CT molecular complexity index is 342. The van der Waals surface area contributed by atoms with Crippen LogP contribution in [0.4, 0.5) is 0 Å². The number of rotatable bonds is 4. The van der Waals surface area contributed by atoms with Crippen molar-refractivity contribution in [2.45, 2.75) is 57.7 Å². The zero-order chi connectivity index (χ0) is 12.3. The van der Waals surface area contributed by atoms with Gasteiger partial charge in [-0.15, -0.1) is 10.2 Å². The molecule has 1 aromatic heterocycles. The molecule has 3 atom stereocenters. The topological polar surface area (TPSA) is 75.7 Å². The molecule has 1 fully saturated rings. The molecule has 0 amide bonds. The smallest absolute Gasteiger partial charge is 0.191 e. The van der Waals surface area contributed by atoms with Crippen molar-refractivity contribution in [1.82, 2.24) is 25.9 Å². The van der Waals surface area contributed by atoms with Crippen molar-refractivity contribution >= 4 is 0 Å². The third kappa shape index (κ3) is 3.01. The molecule has 0 aromatic carbocycles. The maximum absolute atomic E-state index is 5.83. The molecule has 17 heavy (non-hydrogen) atoms. The van der Waals surface area contributed by atoms with Crippen molar-refractivity contribution in [3.05, 3.63) is 5.82 Å². The Labute approximate surface area is 102 Å². The summed E-state index contributed by atoms with van der Waals surface area (Å²) in [5, 5.41) is 17.6. The predicted molar refractivity (Wildman–Crippen MR) is 63.4 cm³/mol. The van der Waals surface area contributed by atoms with E-state index in [-0.39, 0.29) is 11.6 Å². The molecular formula is C11H21N5O. The summed E-state index contributed by atoms with van der Waals surface area (Å²) in [7, 11) is 0. The fourth-order valence-electron chi connectivity index (χ4n) is 2.30. The van der Waals surface area contributed by atoms with Crippen molar-refractivity contribution in [3.8, 4) is 0 Å². The Kier molecular flexibility index (Phi) is 3.73. The number of aromatic amines is 1. The van der Waals surface area contributed by atoms with Crippen LogP contribution in [0.15, 0.2) is 0 Å². The van der Waals surface area contributed by atoms with Crippen molar-refractivity contribution < 1.29 is 4.74 Å². The first kappa shape index (κ1) is 12.4. The molecule has 0 spiro atoms. The van der Waals surface area contributed by atoms with Gasteiger partial charge in [0.15, 0.2) is 5.82 Å². The fourth-order valence-corrected chi connectivity index (χ4v) is 2.30. The molecule has 2 rings (SSSR count). The highest BCUT2D eigenvalue weighted by atomic mass is 16.5. The Morgan fingerprint density at radius 3 is 3.12 bits per heavy atom. The van der Waals surface area contributed by atoms with E-state index in [2.05, 4.69) is 46.7 Å². The van der Waals surface area contributed by atoms with E-state index in [0.29, 0.717) is 6.04 Å². The van der Waals surface area contributed by atoms with E-state index in [4.69, 9.17) is 4.74 Å². The van der Waals surface area contributed by atoms with Crippen LogP contribution in [0.3, 0.4) is 0 Å². The molecule has 2 heterocycles. The summed E-state index contributed by atoms with van der Waals surface area (Å²) in [6.45, 7) is 7.23. The van der Waals surface area contributed by atoms with E-state index in [0.717, 1.165) is 31.7 Å². The summed E-state index contributed by atoms with van der Waals surface area (Å²) >= 11 is 0. The molecule has 1 saturated heterocycles. The number of aromatic nitrogens is 4. The minimum atomic E-state index is 0.00684. The number of hydrogen-bond acceptors (Lipinski definition) is 5. The van der Waals surface area contributed by atoms with Gasteiger partial charge in [-0.2, -0.15) is 5.21 Å². The van der Waals surface area contributed by atoms with E-state index >= 15 is 0 Å². The van der Waals surface area contributed by atoms with Gasteiger partial charge in [-0.25, -0.2) is 0 Å². The molecule has 1 aliphatic heterocycles. The Balaban J connectivity index is 1.91. The van der Waals surface area contributed by atoms with Gasteiger partial charge in [-0.05, 0) is 33.1 Å². The number of tetrazole rings is 1. The Morgan fingerprint density at radius 2 is 2.47 bits per heavy atom.